The van der Waals surface area contributed by atoms with Crippen molar-refractivity contribution in [3.63, 3.8) is 0 Å². The van der Waals surface area contributed by atoms with Crippen molar-refractivity contribution < 1.29 is 14.7 Å². The second-order valence-electron chi connectivity index (χ2n) is 3.52. The van der Waals surface area contributed by atoms with Gasteiger partial charge in [-0.3, -0.25) is 9.59 Å². The topological polar surface area (TPSA) is 80.4 Å². The maximum absolute atomic E-state index is 10.7. The van der Waals surface area contributed by atoms with Gasteiger partial charge in [0.15, 0.2) is 0 Å². The first-order valence-corrected chi connectivity index (χ1v) is 4.22. The van der Waals surface area contributed by atoms with Crippen LogP contribution in [0.5, 0.6) is 0 Å². The molecule has 1 aliphatic carbocycles. The van der Waals surface area contributed by atoms with Gasteiger partial charge >= 0.3 is 5.97 Å². The minimum atomic E-state index is -0.882. The fourth-order valence-corrected chi connectivity index (χ4v) is 1.79. The van der Waals surface area contributed by atoms with Gasteiger partial charge in [-0.1, -0.05) is 12.2 Å². The second-order valence-corrected chi connectivity index (χ2v) is 3.52. The van der Waals surface area contributed by atoms with E-state index in [-0.39, 0.29) is 12.8 Å². The molecule has 4 nitrogen and oxygen atoms in total. The van der Waals surface area contributed by atoms with E-state index >= 15 is 0 Å². The van der Waals surface area contributed by atoms with Crippen molar-refractivity contribution in [1.29, 1.82) is 0 Å². The Kier molecular flexibility index (Phi) is 2.70. The van der Waals surface area contributed by atoms with Crippen molar-refractivity contribution in [2.75, 3.05) is 0 Å². The van der Waals surface area contributed by atoms with Crippen LogP contribution in [-0.2, 0) is 9.59 Å². The van der Waals surface area contributed by atoms with Crippen LogP contribution in [0.3, 0.4) is 0 Å². The molecule has 1 rings (SSSR count). The van der Waals surface area contributed by atoms with E-state index in [9.17, 15) is 9.59 Å². The summed E-state index contributed by atoms with van der Waals surface area (Å²) in [5.41, 5.74) is 4.55. The molecule has 0 spiro atoms. The van der Waals surface area contributed by atoms with E-state index < -0.39 is 17.3 Å². The zero-order valence-corrected chi connectivity index (χ0v) is 7.32. The minimum absolute atomic E-state index is 0.00750. The van der Waals surface area contributed by atoms with E-state index in [1.165, 1.54) is 0 Å². The smallest absolute Gasteiger partial charge is 0.304 e. The monoisotopic (exact) mass is 183 g/mol. The molecule has 72 valence electrons. The van der Waals surface area contributed by atoms with Crippen molar-refractivity contribution in [1.82, 2.24) is 0 Å². The fraction of sp³-hybridized carbons (Fsp3) is 0.556. The van der Waals surface area contributed by atoms with Crippen molar-refractivity contribution in [3.8, 4) is 0 Å². The van der Waals surface area contributed by atoms with E-state index in [0.29, 0.717) is 6.42 Å². The second kappa shape index (κ2) is 3.60. The normalized spacial score (nSPS) is 26.2. The molecule has 0 saturated heterocycles. The first kappa shape index (κ1) is 9.77. The lowest BCUT2D eigenvalue weighted by Gasteiger charge is -2.23. The molecule has 0 aliphatic heterocycles. The minimum Gasteiger partial charge on any atom is -0.481 e. The number of hydrogen-bond donors (Lipinski definition) is 2. The van der Waals surface area contributed by atoms with Crippen LogP contribution in [0.4, 0.5) is 0 Å². The van der Waals surface area contributed by atoms with Crippen LogP contribution in [0.15, 0.2) is 12.2 Å². The van der Waals surface area contributed by atoms with Gasteiger partial charge in [0, 0.05) is 11.8 Å². The predicted molar refractivity (Wildman–Crippen MR) is 46.9 cm³/mol. The molecule has 0 aromatic rings. The number of nitrogens with two attached hydrogens (primary N) is 1. The molecule has 0 heterocycles. The van der Waals surface area contributed by atoms with E-state index in [2.05, 4.69) is 0 Å². The Bertz CT molecular complexity index is 242. The molecule has 0 saturated carbocycles. The van der Waals surface area contributed by atoms with Gasteiger partial charge in [-0.15, -0.1) is 0 Å². The van der Waals surface area contributed by atoms with Gasteiger partial charge in [0.25, 0.3) is 0 Å². The summed E-state index contributed by atoms with van der Waals surface area (Å²) in [6.07, 6.45) is 5.39. The van der Waals surface area contributed by atoms with Gasteiger partial charge in [0.05, 0.1) is 6.42 Å². The number of carboxylic acid groups (broad SMARTS) is 1. The standard InChI is InChI=1S/C9H13NO3/c10-7(11)5-9(6-8(12)13)3-1-2-4-9/h1,3H,2,4-6H2,(H2,10,11)(H,12,13). The van der Waals surface area contributed by atoms with Gasteiger partial charge in [0.1, 0.15) is 0 Å². The average Bonchev–Trinajstić information content (AvgIpc) is 2.33. The third-order valence-corrected chi connectivity index (χ3v) is 2.31. The summed E-state index contributed by atoms with van der Waals surface area (Å²) >= 11 is 0. The molecular weight excluding hydrogens is 170 g/mol. The maximum atomic E-state index is 10.7. The molecule has 0 fully saturated rings. The van der Waals surface area contributed by atoms with Crippen LogP contribution in [0.2, 0.25) is 0 Å². The lowest BCUT2D eigenvalue weighted by atomic mass is 9.80. The summed E-state index contributed by atoms with van der Waals surface area (Å²) in [4.78, 5) is 21.3. The number of carbonyl (C=O) groups is 2. The SMILES string of the molecule is NC(=O)CC1(CC(=O)O)C=CCC1. The van der Waals surface area contributed by atoms with Crippen molar-refractivity contribution in [3.05, 3.63) is 12.2 Å². The summed E-state index contributed by atoms with van der Waals surface area (Å²) in [6.45, 7) is 0. The van der Waals surface area contributed by atoms with Crippen molar-refractivity contribution >= 4 is 11.9 Å². The quantitative estimate of drug-likeness (QED) is 0.628. The number of carbonyl (C=O) groups excluding carboxylic acids is 1. The summed E-state index contributed by atoms with van der Waals surface area (Å²) in [5, 5.41) is 8.67. The molecule has 3 N–H and O–H groups in total. The number of hydrogen-bond acceptors (Lipinski definition) is 2. The number of aliphatic carboxylic acids is 1. The highest BCUT2D eigenvalue weighted by molar-refractivity contribution is 5.77. The fourth-order valence-electron chi connectivity index (χ4n) is 1.79. The molecule has 0 bridgehead atoms. The molecule has 0 radical (unpaired) electrons. The number of carboxylic acids is 1. The largest absolute Gasteiger partial charge is 0.481 e. The van der Waals surface area contributed by atoms with E-state index in [1.807, 2.05) is 12.2 Å². The number of allylic oxidation sites excluding steroid dienone is 2. The van der Waals surface area contributed by atoms with Gasteiger partial charge in [-0.2, -0.15) is 0 Å². The lowest BCUT2D eigenvalue weighted by Crippen LogP contribution is -2.27. The Morgan fingerprint density at radius 2 is 2.15 bits per heavy atom. The number of rotatable bonds is 4. The van der Waals surface area contributed by atoms with Crippen LogP contribution in [0.1, 0.15) is 25.7 Å². The zero-order valence-electron chi connectivity index (χ0n) is 7.32. The zero-order chi connectivity index (χ0) is 9.90. The van der Waals surface area contributed by atoms with Crippen LogP contribution < -0.4 is 5.73 Å². The van der Waals surface area contributed by atoms with Gasteiger partial charge in [0.2, 0.25) is 5.91 Å². The molecule has 1 aliphatic rings. The van der Waals surface area contributed by atoms with Crippen LogP contribution in [0, 0.1) is 5.41 Å². The first-order valence-electron chi connectivity index (χ1n) is 4.22. The highest BCUT2D eigenvalue weighted by atomic mass is 16.4. The van der Waals surface area contributed by atoms with Crippen LogP contribution in [-0.4, -0.2) is 17.0 Å². The molecule has 0 aromatic heterocycles. The Labute approximate surface area is 76.4 Å². The van der Waals surface area contributed by atoms with E-state index in [4.69, 9.17) is 10.8 Å². The van der Waals surface area contributed by atoms with Crippen LogP contribution >= 0.6 is 0 Å². The Morgan fingerprint density at radius 1 is 1.46 bits per heavy atom. The van der Waals surface area contributed by atoms with E-state index in [1.54, 1.807) is 0 Å². The Balaban J connectivity index is 2.69. The van der Waals surface area contributed by atoms with Crippen LogP contribution in [0.25, 0.3) is 0 Å². The molecule has 1 amide bonds. The predicted octanol–water partition coefficient (Wildman–Crippen LogP) is 0.673. The number of primary amides is 1. The summed E-state index contributed by atoms with van der Waals surface area (Å²) in [6, 6.07) is 0. The summed E-state index contributed by atoms with van der Waals surface area (Å²) in [7, 11) is 0. The highest BCUT2D eigenvalue weighted by Crippen LogP contribution is 2.38. The summed E-state index contributed by atoms with van der Waals surface area (Å²) < 4.78 is 0. The molecule has 4 heteroatoms. The Morgan fingerprint density at radius 3 is 2.54 bits per heavy atom. The summed E-state index contributed by atoms with van der Waals surface area (Å²) in [5.74, 6) is -1.32. The maximum Gasteiger partial charge on any atom is 0.304 e. The Hall–Kier alpha value is -1.32. The third-order valence-electron chi connectivity index (χ3n) is 2.31. The van der Waals surface area contributed by atoms with Gasteiger partial charge in [-0.25, -0.2) is 0 Å². The highest BCUT2D eigenvalue weighted by Gasteiger charge is 2.33. The number of amides is 1. The lowest BCUT2D eigenvalue weighted by molar-refractivity contribution is -0.139. The van der Waals surface area contributed by atoms with Crippen molar-refractivity contribution in [2.45, 2.75) is 25.7 Å². The average molecular weight is 183 g/mol. The molecule has 1 unspecified atom stereocenters. The first-order chi connectivity index (χ1) is 6.04. The molecular formula is C9H13NO3. The van der Waals surface area contributed by atoms with Gasteiger partial charge in [-0.05, 0) is 12.8 Å². The molecule has 1 atom stereocenters. The third kappa shape index (κ3) is 2.57. The van der Waals surface area contributed by atoms with Gasteiger partial charge < -0.3 is 10.8 Å². The van der Waals surface area contributed by atoms with Crippen molar-refractivity contribution in [2.24, 2.45) is 11.1 Å². The molecule has 0 aromatic carbocycles. The van der Waals surface area contributed by atoms with E-state index in [0.717, 1.165) is 6.42 Å². The molecule has 13 heavy (non-hydrogen) atoms.